The lowest BCUT2D eigenvalue weighted by molar-refractivity contribution is -0.141. The van der Waals surface area contributed by atoms with E-state index in [1.807, 2.05) is 13.8 Å². The Morgan fingerprint density at radius 2 is 1.82 bits per heavy atom. The minimum absolute atomic E-state index is 0.124. The van der Waals surface area contributed by atoms with Crippen molar-refractivity contribution in [3.05, 3.63) is 0 Å². The summed E-state index contributed by atoms with van der Waals surface area (Å²) in [7, 11) is -2.93. The van der Waals surface area contributed by atoms with Crippen molar-refractivity contribution in [2.24, 2.45) is 11.3 Å². The van der Waals surface area contributed by atoms with Crippen LogP contribution in [-0.4, -0.2) is 43.8 Å². The number of carbonyl (C=O) groups is 1. The quantitative estimate of drug-likeness (QED) is 0.745. The van der Waals surface area contributed by atoms with Crippen LogP contribution in [0.5, 0.6) is 0 Å². The Hall–Kier alpha value is -0.580. The van der Waals surface area contributed by atoms with E-state index < -0.39 is 9.84 Å². The van der Waals surface area contributed by atoms with E-state index in [0.29, 0.717) is 25.4 Å². The average Bonchev–Trinajstić information content (AvgIpc) is 3.03. The van der Waals surface area contributed by atoms with Crippen LogP contribution in [0.1, 0.15) is 33.1 Å². The molecule has 0 aromatic heterocycles. The van der Waals surface area contributed by atoms with Crippen molar-refractivity contribution >= 4 is 15.7 Å². The van der Waals surface area contributed by atoms with E-state index in [0.717, 1.165) is 12.8 Å². The van der Waals surface area contributed by atoms with Crippen molar-refractivity contribution in [1.82, 2.24) is 4.90 Å². The maximum absolute atomic E-state index is 12.4. The Bertz CT molecular complexity index is 409. The minimum Gasteiger partial charge on any atom is -0.341 e. The van der Waals surface area contributed by atoms with Crippen LogP contribution in [0, 0.1) is 11.3 Å². The molecule has 98 valence electrons. The van der Waals surface area contributed by atoms with Crippen molar-refractivity contribution in [2.75, 3.05) is 24.6 Å². The van der Waals surface area contributed by atoms with Gasteiger partial charge in [0.25, 0.3) is 0 Å². The predicted molar refractivity (Wildman–Crippen MR) is 66.4 cm³/mol. The van der Waals surface area contributed by atoms with Crippen LogP contribution in [0.25, 0.3) is 0 Å². The second-order valence-electron chi connectivity index (χ2n) is 5.79. The molecule has 0 atom stereocenters. The number of rotatable bonds is 2. The molecule has 0 spiro atoms. The Morgan fingerprint density at radius 3 is 2.41 bits per heavy atom. The predicted octanol–water partition coefficient (Wildman–Crippen LogP) is 1.07. The summed E-state index contributed by atoms with van der Waals surface area (Å²) in [6.07, 6.45) is 2.84. The third-order valence-corrected chi connectivity index (χ3v) is 5.71. The van der Waals surface area contributed by atoms with Crippen molar-refractivity contribution in [2.45, 2.75) is 33.1 Å². The fourth-order valence-electron chi connectivity index (χ4n) is 2.53. The van der Waals surface area contributed by atoms with E-state index in [9.17, 15) is 13.2 Å². The minimum atomic E-state index is -2.93. The van der Waals surface area contributed by atoms with Gasteiger partial charge in [-0.3, -0.25) is 4.79 Å². The number of nitrogens with zero attached hydrogens (tertiary/aromatic N) is 1. The SMILES string of the molecule is CC(C)(C(=O)N1CCCS(=O)(=O)CC1)C1CC1. The number of hydrogen-bond acceptors (Lipinski definition) is 3. The maximum atomic E-state index is 12.4. The molecule has 0 bridgehead atoms. The van der Waals surface area contributed by atoms with Crippen molar-refractivity contribution < 1.29 is 13.2 Å². The summed E-state index contributed by atoms with van der Waals surface area (Å²) in [6.45, 7) is 4.95. The summed E-state index contributed by atoms with van der Waals surface area (Å²) in [5.41, 5.74) is -0.311. The van der Waals surface area contributed by atoms with Gasteiger partial charge in [-0.25, -0.2) is 8.42 Å². The molecule has 1 heterocycles. The van der Waals surface area contributed by atoms with Crippen LogP contribution < -0.4 is 0 Å². The van der Waals surface area contributed by atoms with Crippen molar-refractivity contribution in [3.63, 3.8) is 0 Å². The summed E-state index contributed by atoms with van der Waals surface area (Å²) < 4.78 is 23.0. The highest BCUT2D eigenvalue weighted by molar-refractivity contribution is 7.91. The number of amides is 1. The van der Waals surface area contributed by atoms with Crippen molar-refractivity contribution in [1.29, 1.82) is 0 Å². The van der Waals surface area contributed by atoms with E-state index in [-0.39, 0.29) is 22.8 Å². The molecule has 0 radical (unpaired) electrons. The summed E-state index contributed by atoms with van der Waals surface area (Å²) in [6, 6.07) is 0. The van der Waals surface area contributed by atoms with Gasteiger partial charge in [0, 0.05) is 18.5 Å². The molecule has 0 aromatic carbocycles. The van der Waals surface area contributed by atoms with E-state index in [1.54, 1.807) is 4.90 Å². The Kier molecular flexibility index (Phi) is 3.23. The van der Waals surface area contributed by atoms with Gasteiger partial charge in [-0.2, -0.15) is 0 Å². The van der Waals surface area contributed by atoms with Crippen LogP contribution in [-0.2, 0) is 14.6 Å². The molecular weight excluding hydrogens is 238 g/mol. The molecule has 2 fully saturated rings. The summed E-state index contributed by atoms with van der Waals surface area (Å²) >= 11 is 0. The maximum Gasteiger partial charge on any atom is 0.228 e. The molecule has 5 heteroatoms. The fourth-order valence-corrected chi connectivity index (χ4v) is 3.80. The lowest BCUT2D eigenvalue weighted by Gasteiger charge is -2.31. The number of hydrogen-bond donors (Lipinski definition) is 0. The molecule has 1 aliphatic heterocycles. The van der Waals surface area contributed by atoms with Gasteiger partial charge in [0.2, 0.25) is 5.91 Å². The molecule has 2 aliphatic rings. The Balaban J connectivity index is 2.05. The highest BCUT2D eigenvalue weighted by atomic mass is 32.2. The molecule has 0 N–H and O–H groups in total. The lowest BCUT2D eigenvalue weighted by Crippen LogP contribution is -2.43. The first-order valence-electron chi connectivity index (χ1n) is 6.33. The number of sulfone groups is 1. The molecule has 0 unspecified atom stereocenters. The van der Waals surface area contributed by atoms with Gasteiger partial charge in [-0.1, -0.05) is 13.8 Å². The molecule has 1 saturated carbocycles. The molecule has 0 aromatic rings. The van der Waals surface area contributed by atoms with E-state index in [1.165, 1.54) is 0 Å². The van der Waals surface area contributed by atoms with E-state index >= 15 is 0 Å². The zero-order valence-electron chi connectivity index (χ0n) is 10.6. The summed E-state index contributed by atoms with van der Waals surface area (Å²) in [5.74, 6) is 0.979. The zero-order chi connectivity index (χ0) is 12.7. The standard InChI is InChI=1S/C12H21NO3S/c1-12(2,10-4-5-10)11(14)13-6-3-8-17(15,16)9-7-13/h10H,3-9H2,1-2H3. The van der Waals surface area contributed by atoms with Gasteiger partial charge < -0.3 is 4.90 Å². The van der Waals surface area contributed by atoms with Gasteiger partial charge >= 0.3 is 0 Å². The summed E-state index contributed by atoms with van der Waals surface area (Å²) in [4.78, 5) is 14.1. The second kappa shape index (κ2) is 4.26. The highest BCUT2D eigenvalue weighted by Crippen LogP contribution is 2.46. The van der Waals surface area contributed by atoms with Crippen LogP contribution in [0.15, 0.2) is 0 Å². The Labute approximate surface area is 103 Å². The topological polar surface area (TPSA) is 54.5 Å². The third-order valence-electron chi connectivity index (χ3n) is 3.99. The largest absolute Gasteiger partial charge is 0.341 e. The zero-order valence-corrected chi connectivity index (χ0v) is 11.4. The molecule has 2 rings (SSSR count). The fraction of sp³-hybridized carbons (Fsp3) is 0.917. The lowest BCUT2D eigenvalue weighted by atomic mass is 9.85. The van der Waals surface area contributed by atoms with Crippen LogP contribution in [0.3, 0.4) is 0 Å². The monoisotopic (exact) mass is 259 g/mol. The van der Waals surface area contributed by atoms with Crippen LogP contribution in [0.2, 0.25) is 0 Å². The summed E-state index contributed by atoms with van der Waals surface area (Å²) in [5, 5.41) is 0. The molecular formula is C12H21NO3S. The van der Waals surface area contributed by atoms with Crippen molar-refractivity contribution in [3.8, 4) is 0 Å². The highest BCUT2D eigenvalue weighted by Gasteiger charge is 2.45. The normalized spacial score (nSPS) is 25.4. The molecule has 1 aliphatic carbocycles. The van der Waals surface area contributed by atoms with E-state index in [4.69, 9.17) is 0 Å². The third kappa shape index (κ3) is 2.81. The average molecular weight is 259 g/mol. The van der Waals surface area contributed by atoms with Gasteiger partial charge in [0.05, 0.1) is 11.5 Å². The first-order valence-corrected chi connectivity index (χ1v) is 8.15. The molecule has 4 nitrogen and oxygen atoms in total. The first-order chi connectivity index (χ1) is 7.83. The van der Waals surface area contributed by atoms with E-state index in [2.05, 4.69) is 0 Å². The van der Waals surface area contributed by atoms with Crippen LogP contribution in [0.4, 0.5) is 0 Å². The van der Waals surface area contributed by atoms with Crippen LogP contribution >= 0.6 is 0 Å². The van der Waals surface area contributed by atoms with Gasteiger partial charge in [0.15, 0.2) is 9.84 Å². The second-order valence-corrected chi connectivity index (χ2v) is 8.10. The smallest absolute Gasteiger partial charge is 0.228 e. The molecule has 1 saturated heterocycles. The first kappa shape index (κ1) is 12.9. The van der Waals surface area contributed by atoms with Gasteiger partial charge in [0.1, 0.15) is 0 Å². The molecule has 1 amide bonds. The Morgan fingerprint density at radius 1 is 1.18 bits per heavy atom. The molecule has 17 heavy (non-hydrogen) atoms. The number of carbonyl (C=O) groups excluding carboxylic acids is 1. The van der Waals surface area contributed by atoms with Gasteiger partial charge in [-0.05, 0) is 25.2 Å². The van der Waals surface area contributed by atoms with Gasteiger partial charge in [-0.15, -0.1) is 0 Å².